The summed E-state index contributed by atoms with van der Waals surface area (Å²) in [6, 6.07) is 7.15. The van der Waals surface area contributed by atoms with E-state index in [1.54, 1.807) is 23.7 Å². The maximum absolute atomic E-state index is 15.1. The van der Waals surface area contributed by atoms with Crippen LogP contribution in [0.1, 0.15) is 45.6 Å². The Bertz CT molecular complexity index is 1610. The summed E-state index contributed by atoms with van der Waals surface area (Å²) in [5.74, 6) is -1.37. The Hall–Kier alpha value is -4.26. The van der Waals surface area contributed by atoms with Crippen LogP contribution in [0.2, 0.25) is 0 Å². The Morgan fingerprint density at radius 2 is 2.06 bits per heavy atom. The smallest absolute Gasteiger partial charge is 0.257 e. The number of anilines is 1. The molecule has 0 unspecified atom stereocenters. The predicted molar refractivity (Wildman–Crippen MR) is 123 cm³/mol. The predicted octanol–water partition coefficient (Wildman–Crippen LogP) is 3.88. The average molecular weight is 474 g/mol. The van der Waals surface area contributed by atoms with E-state index in [4.69, 9.17) is 15.7 Å². The van der Waals surface area contributed by atoms with Crippen molar-refractivity contribution in [2.45, 2.75) is 25.3 Å². The maximum Gasteiger partial charge on any atom is 0.257 e. The number of hydrogen-bond donors (Lipinski definition) is 1. The van der Waals surface area contributed by atoms with Crippen LogP contribution in [0.15, 0.2) is 30.6 Å². The van der Waals surface area contributed by atoms with E-state index in [0.29, 0.717) is 45.5 Å². The van der Waals surface area contributed by atoms with E-state index < -0.39 is 23.6 Å². The summed E-state index contributed by atoms with van der Waals surface area (Å²) in [6.45, 7) is 1.90. The lowest BCUT2D eigenvalue weighted by molar-refractivity contribution is 0.0704. The number of imidazole rings is 1. The fraction of sp³-hybridized carbons (Fsp3) is 0.280. The number of rotatable bonds is 3. The Morgan fingerprint density at radius 1 is 1.26 bits per heavy atom. The maximum atomic E-state index is 15.1. The van der Waals surface area contributed by atoms with Crippen LogP contribution in [-0.4, -0.2) is 38.8 Å². The molecule has 35 heavy (non-hydrogen) atoms. The molecule has 1 aliphatic carbocycles. The van der Waals surface area contributed by atoms with Gasteiger partial charge < -0.3 is 15.4 Å². The van der Waals surface area contributed by atoms with Gasteiger partial charge >= 0.3 is 0 Å². The Balaban J connectivity index is 1.36. The minimum atomic E-state index is -0.741. The SMILES string of the molecule is Cc1ncn2c1c(N)nc1cc(F)c(C(=O)N(C)[C@@H]3COc4cc([C@@H]5C[C@H]5C#N)c(F)cc43)cc12. The first-order valence-corrected chi connectivity index (χ1v) is 11.1. The Morgan fingerprint density at radius 3 is 2.80 bits per heavy atom. The van der Waals surface area contributed by atoms with Crippen LogP contribution in [-0.2, 0) is 0 Å². The molecule has 2 aromatic heterocycles. The zero-order valence-corrected chi connectivity index (χ0v) is 18.9. The van der Waals surface area contributed by atoms with E-state index in [0.717, 1.165) is 0 Å². The van der Waals surface area contributed by atoms with Crippen molar-refractivity contribution in [1.29, 1.82) is 5.26 Å². The Labute approximate surface area is 198 Å². The summed E-state index contributed by atoms with van der Waals surface area (Å²) >= 11 is 0. The van der Waals surface area contributed by atoms with Crippen LogP contribution in [0.5, 0.6) is 5.75 Å². The molecule has 1 fully saturated rings. The van der Waals surface area contributed by atoms with Gasteiger partial charge in [0.1, 0.15) is 41.7 Å². The van der Waals surface area contributed by atoms with Gasteiger partial charge in [0.15, 0.2) is 0 Å². The number of hydrogen-bond acceptors (Lipinski definition) is 6. The molecule has 0 saturated heterocycles. The number of benzene rings is 2. The van der Waals surface area contributed by atoms with Crippen molar-refractivity contribution in [3.8, 4) is 11.8 Å². The van der Waals surface area contributed by atoms with Gasteiger partial charge in [0, 0.05) is 24.6 Å². The third-order valence-electron chi connectivity index (χ3n) is 7.02. The van der Waals surface area contributed by atoms with Gasteiger partial charge in [0.25, 0.3) is 5.91 Å². The molecule has 0 spiro atoms. The fourth-order valence-corrected chi connectivity index (χ4v) is 4.96. The van der Waals surface area contributed by atoms with Crippen LogP contribution < -0.4 is 10.5 Å². The number of likely N-dealkylation sites (N-methyl/N-ethyl adjacent to an activating group) is 1. The minimum Gasteiger partial charge on any atom is -0.491 e. The number of aryl methyl sites for hydroxylation is 1. The summed E-state index contributed by atoms with van der Waals surface area (Å²) in [5.41, 5.74) is 8.88. The van der Waals surface area contributed by atoms with Crippen LogP contribution in [0.25, 0.3) is 16.6 Å². The summed E-state index contributed by atoms with van der Waals surface area (Å²) in [7, 11) is 1.53. The second-order valence-electron chi connectivity index (χ2n) is 9.10. The molecule has 2 aliphatic rings. The fourth-order valence-electron chi connectivity index (χ4n) is 4.96. The van der Waals surface area contributed by atoms with Crippen LogP contribution in [0.4, 0.5) is 14.6 Å². The normalized spacial score (nSPS) is 20.5. The van der Waals surface area contributed by atoms with E-state index >= 15 is 4.39 Å². The van der Waals surface area contributed by atoms with Crippen molar-refractivity contribution < 1.29 is 18.3 Å². The summed E-state index contributed by atoms with van der Waals surface area (Å²) < 4.78 is 37.4. The van der Waals surface area contributed by atoms with Gasteiger partial charge in [-0.3, -0.25) is 9.20 Å². The number of nitrogens with two attached hydrogens (primary N) is 1. The first-order valence-electron chi connectivity index (χ1n) is 11.1. The van der Waals surface area contributed by atoms with Crippen molar-refractivity contribution in [1.82, 2.24) is 19.3 Å². The van der Waals surface area contributed by atoms with Gasteiger partial charge in [-0.15, -0.1) is 0 Å². The minimum absolute atomic E-state index is 0.116. The number of nitrogen functional groups attached to an aromatic ring is 1. The van der Waals surface area contributed by atoms with Crippen molar-refractivity contribution in [2.75, 3.05) is 19.4 Å². The molecule has 8 nitrogen and oxygen atoms in total. The van der Waals surface area contributed by atoms with E-state index in [-0.39, 0.29) is 29.8 Å². The van der Waals surface area contributed by atoms with Crippen molar-refractivity contribution >= 4 is 28.3 Å². The summed E-state index contributed by atoms with van der Waals surface area (Å²) in [4.78, 5) is 23.3. The van der Waals surface area contributed by atoms with Gasteiger partial charge in [-0.1, -0.05) is 0 Å². The number of carbonyl (C=O) groups is 1. The van der Waals surface area contributed by atoms with Gasteiger partial charge in [0.05, 0.1) is 40.3 Å². The first kappa shape index (κ1) is 21.3. The molecule has 1 amide bonds. The summed E-state index contributed by atoms with van der Waals surface area (Å²) in [5, 5.41) is 9.07. The second-order valence-corrected chi connectivity index (χ2v) is 9.10. The number of aromatic nitrogens is 3. The zero-order valence-electron chi connectivity index (χ0n) is 18.9. The van der Waals surface area contributed by atoms with E-state index in [1.165, 1.54) is 30.1 Å². The van der Waals surface area contributed by atoms with Gasteiger partial charge in [-0.25, -0.2) is 18.7 Å². The number of fused-ring (bicyclic) bond motifs is 4. The third kappa shape index (κ3) is 3.11. The molecule has 3 heterocycles. The van der Waals surface area contributed by atoms with Crippen LogP contribution in [0, 0.1) is 35.8 Å². The lowest BCUT2D eigenvalue weighted by atomic mass is 10.0. The molecule has 0 radical (unpaired) electrons. The molecule has 4 aromatic rings. The zero-order chi connectivity index (χ0) is 24.6. The highest BCUT2D eigenvalue weighted by molar-refractivity contribution is 5.98. The number of nitrogens with zero attached hydrogens (tertiary/aromatic N) is 5. The van der Waals surface area contributed by atoms with E-state index in [1.807, 2.05) is 0 Å². The van der Waals surface area contributed by atoms with E-state index in [2.05, 4.69) is 16.0 Å². The summed E-state index contributed by atoms with van der Waals surface area (Å²) in [6.07, 6.45) is 2.18. The first-order chi connectivity index (χ1) is 16.8. The van der Waals surface area contributed by atoms with Gasteiger partial charge in [0.2, 0.25) is 0 Å². The van der Waals surface area contributed by atoms with Gasteiger partial charge in [-0.05, 0) is 37.1 Å². The molecule has 0 bridgehead atoms. The monoisotopic (exact) mass is 474 g/mol. The number of amides is 1. The highest BCUT2D eigenvalue weighted by Gasteiger charge is 2.42. The Kier molecular flexibility index (Phi) is 4.48. The second kappa shape index (κ2) is 7.37. The highest BCUT2D eigenvalue weighted by Crippen LogP contribution is 2.50. The van der Waals surface area contributed by atoms with E-state index in [9.17, 15) is 9.18 Å². The molecule has 10 heteroatoms. The average Bonchev–Trinajstić information content (AvgIpc) is 3.34. The van der Waals surface area contributed by atoms with Crippen LogP contribution in [0.3, 0.4) is 0 Å². The lowest BCUT2D eigenvalue weighted by Gasteiger charge is -2.24. The van der Waals surface area contributed by atoms with Crippen molar-refractivity contribution in [2.24, 2.45) is 5.92 Å². The molecule has 3 atom stereocenters. The highest BCUT2D eigenvalue weighted by atomic mass is 19.1. The van der Waals surface area contributed by atoms with Crippen molar-refractivity contribution in [3.63, 3.8) is 0 Å². The molecule has 1 saturated carbocycles. The van der Waals surface area contributed by atoms with Crippen LogP contribution >= 0.6 is 0 Å². The third-order valence-corrected chi connectivity index (χ3v) is 7.02. The molecule has 176 valence electrons. The number of halogens is 2. The number of carbonyl (C=O) groups excluding carboxylic acids is 1. The quantitative estimate of drug-likeness (QED) is 0.483. The molecule has 2 N–H and O–H groups in total. The largest absolute Gasteiger partial charge is 0.491 e. The standard InChI is InChI=1S/C25H20F2N6O2/c1-11-23-24(29)31-19-7-18(27)15(5-20(19)33(23)10-30-11)25(34)32(2)21-9-35-22-6-14(13-3-12(13)8-28)17(26)4-16(21)22/h4-7,10,12-13,21H,3,9H2,1-2H3,(H2,29,31)/t12-,13+,21+/m0/s1. The topological polar surface area (TPSA) is 110 Å². The van der Waals surface area contributed by atoms with Crippen molar-refractivity contribution in [3.05, 3.63) is 64.6 Å². The molecular formula is C25H20F2N6O2. The molecule has 1 aliphatic heterocycles. The molecule has 6 rings (SSSR count). The lowest BCUT2D eigenvalue weighted by Crippen LogP contribution is -2.32. The number of nitriles is 1. The van der Waals surface area contributed by atoms with Gasteiger partial charge in [-0.2, -0.15) is 5.26 Å². The molecular weight excluding hydrogens is 454 g/mol. The number of ether oxygens (including phenoxy) is 1. The molecule has 2 aromatic carbocycles.